The van der Waals surface area contributed by atoms with Gasteiger partial charge in [-0.2, -0.15) is 17.7 Å². The summed E-state index contributed by atoms with van der Waals surface area (Å²) in [6, 6.07) is 0. The van der Waals surface area contributed by atoms with Crippen molar-refractivity contribution in [3.05, 3.63) is 22.5 Å². The Labute approximate surface area is 133 Å². The highest BCUT2D eigenvalue weighted by Gasteiger charge is 2.38. The molecule has 2 aromatic rings. The normalized spacial score (nSPS) is 15.7. The highest BCUT2D eigenvalue weighted by Crippen LogP contribution is 2.29. The number of nitrogens with one attached hydrogen (secondary N) is 1. The van der Waals surface area contributed by atoms with Gasteiger partial charge in [-0.3, -0.25) is 4.79 Å². The zero-order chi connectivity index (χ0) is 16.4. The predicted molar refractivity (Wildman–Crippen MR) is 77.2 cm³/mol. The molecule has 3 rings (SSSR count). The second kappa shape index (κ2) is 6.26. The Morgan fingerprint density at radius 1 is 1.35 bits per heavy atom. The SMILES string of the molecule is O=C(NCCC1=CCCCC1)c1nn2c(C(F)(F)F)nnc2s1. The molecule has 23 heavy (non-hydrogen) atoms. The molecule has 0 saturated carbocycles. The molecule has 0 bridgehead atoms. The van der Waals surface area contributed by atoms with E-state index in [4.69, 9.17) is 0 Å². The van der Waals surface area contributed by atoms with E-state index in [9.17, 15) is 18.0 Å². The fourth-order valence-corrected chi connectivity index (χ4v) is 3.19. The lowest BCUT2D eigenvalue weighted by Gasteiger charge is -2.12. The fraction of sp³-hybridized carbons (Fsp3) is 0.538. The molecule has 0 aliphatic heterocycles. The third kappa shape index (κ3) is 3.52. The van der Waals surface area contributed by atoms with Crippen molar-refractivity contribution in [2.24, 2.45) is 0 Å². The highest BCUT2D eigenvalue weighted by atomic mass is 32.1. The molecule has 6 nitrogen and oxygen atoms in total. The van der Waals surface area contributed by atoms with E-state index in [1.165, 1.54) is 12.0 Å². The zero-order valence-corrected chi connectivity index (χ0v) is 12.9. The van der Waals surface area contributed by atoms with Crippen LogP contribution in [0.2, 0.25) is 0 Å². The van der Waals surface area contributed by atoms with E-state index in [2.05, 4.69) is 26.7 Å². The maximum Gasteiger partial charge on any atom is 0.453 e. The van der Waals surface area contributed by atoms with Crippen LogP contribution in [0.3, 0.4) is 0 Å². The van der Waals surface area contributed by atoms with E-state index >= 15 is 0 Å². The molecule has 1 aliphatic rings. The van der Waals surface area contributed by atoms with Crippen molar-refractivity contribution in [2.75, 3.05) is 6.54 Å². The van der Waals surface area contributed by atoms with Crippen LogP contribution in [0, 0.1) is 0 Å². The highest BCUT2D eigenvalue weighted by molar-refractivity contribution is 7.18. The number of hydrogen-bond donors (Lipinski definition) is 1. The molecule has 2 heterocycles. The molecule has 0 radical (unpaired) electrons. The van der Waals surface area contributed by atoms with E-state index in [1.807, 2.05) is 0 Å². The van der Waals surface area contributed by atoms with E-state index in [0.29, 0.717) is 11.1 Å². The molecule has 1 aliphatic carbocycles. The predicted octanol–water partition coefficient (Wildman–Crippen LogP) is 2.82. The second-order valence-corrected chi connectivity index (χ2v) is 6.19. The van der Waals surface area contributed by atoms with Crippen molar-refractivity contribution in [3.8, 4) is 0 Å². The van der Waals surface area contributed by atoms with Gasteiger partial charge < -0.3 is 5.32 Å². The number of carbonyl (C=O) groups is 1. The smallest absolute Gasteiger partial charge is 0.350 e. The van der Waals surface area contributed by atoms with Crippen molar-refractivity contribution < 1.29 is 18.0 Å². The van der Waals surface area contributed by atoms with Crippen LogP contribution in [0.1, 0.15) is 47.7 Å². The Bertz CT molecular complexity index is 748. The van der Waals surface area contributed by atoms with Gasteiger partial charge in [0.15, 0.2) is 0 Å². The largest absolute Gasteiger partial charge is 0.453 e. The lowest BCUT2D eigenvalue weighted by atomic mass is 9.97. The van der Waals surface area contributed by atoms with Crippen molar-refractivity contribution in [2.45, 2.75) is 38.3 Å². The number of aromatic nitrogens is 4. The van der Waals surface area contributed by atoms with Crippen LogP contribution >= 0.6 is 11.3 Å². The summed E-state index contributed by atoms with van der Waals surface area (Å²) in [4.78, 5) is 11.9. The minimum Gasteiger partial charge on any atom is -0.350 e. The van der Waals surface area contributed by atoms with Crippen molar-refractivity contribution in [1.29, 1.82) is 0 Å². The molecule has 1 N–H and O–H groups in total. The van der Waals surface area contributed by atoms with E-state index in [0.717, 1.165) is 37.0 Å². The van der Waals surface area contributed by atoms with E-state index in [1.54, 1.807) is 0 Å². The Morgan fingerprint density at radius 3 is 2.87 bits per heavy atom. The Kier molecular flexibility index (Phi) is 4.33. The van der Waals surface area contributed by atoms with Crippen LogP contribution < -0.4 is 5.32 Å². The van der Waals surface area contributed by atoms with Crippen LogP contribution in [-0.2, 0) is 6.18 Å². The van der Waals surface area contributed by atoms with Crippen molar-refractivity contribution in [1.82, 2.24) is 25.1 Å². The van der Waals surface area contributed by atoms with Crippen LogP contribution in [-0.4, -0.2) is 32.3 Å². The number of hydrogen-bond acceptors (Lipinski definition) is 5. The molecule has 0 saturated heterocycles. The first-order chi connectivity index (χ1) is 10.9. The van der Waals surface area contributed by atoms with Crippen LogP contribution in [0.15, 0.2) is 11.6 Å². The van der Waals surface area contributed by atoms with Gasteiger partial charge in [-0.25, -0.2) is 0 Å². The number of amides is 1. The lowest BCUT2D eigenvalue weighted by molar-refractivity contribution is -0.146. The summed E-state index contributed by atoms with van der Waals surface area (Å²) in [5.41, 5.74) is 1.31. The number of fused-ring (bicyclic) bond motifs is 1. The summed E-state index contributed by atoms with van der Waals surface area (Å²) in [5.74, 6) is -1.72. The lowest BCUT2D eigenvalue weighted by Crippen LogP contribution is -2.25. The average Bonchev–Trinajstić information content (AvgIpc) is 3.07. The van der Waals surface area contributed by atoms with Crippen molar-refractivity contribution in [3.63, 3.8) is 0 Å². The van der Waals surface area contributed by atoms with Gasteiger partial charge in [-0.15, -0.1) is 15.3 Å². The van der Waals surface area contributed by atoms with Gasteiger partial charge in [-0.05, 0) is 32.1 Å². The van der Waals surface area contributed by atoms with Gasteiger partial charge in [-0.1, -0.05) is 23.0 Å². The average molecular weight is 345 g/mol. The molecule has 2 aromatic heterocycles. The topological polar surface area (TPSA) is 72.2 Å². The first kappa shape index (κ1) is 15.9. The first-order valence-corrected chi connectivity index (χ1v) is 8.02. The summed E-state index contributed by atoms with van der Waals surface area (Å²) < 4.78 is 38.7. The minimum absolute atomic E-state index is 0.0574. The third-order valence-electron chi connectivity index (χ3n) is 3.56. The number of carbonyl (C=O) groups excluding carboxylic acids is 1. The fourth-order valence-electron chi connectivity index (χ4n) is 2.43. The van der Waals surface area contributed by atoms with E-state index in [-0.39, 0.29) is 9.97 Å². The maximum absolute atomic E-state index is 12.7. The maximum atomic E-state index is 12.7. The summed E-state index contributed by atoms with van der Waals surface area (Å²) >= 11 is 0.780. The Morgan fingerprint density at radius 2 is 2.17 bits per heavy atom. The Hall–Kier alpha value is -1.97. The van der Waals surface area contributed by atoms with Crippen molar-refractivity contribution >= 4 is 22.2 Å². The summed E-state index contributed by atoms with van der Waals surface area (Å²) in [6.45, 7) is 0.441. The van der Waals surface area contributed by atoms with Crippen LogP contribution in [0.25, 0.3) is 4.96 Å². The Balaban J connectivity index is 1.64. The number of nitrogens with zero attached hydrogens (tertiary/aromatic N) is 4. The molecular weight excluding hydrogens is 331 g/mol. The molecule has 0 fully saturated rings. The van der Waals surface area contributed by atoms with Gasteiger partial charge >= 0.3 is 6.18 Å². The monoisotopic (exact) mass is 345 g/mol. The minimum atomic E-state index is -4.66. The molecule has 0 unspecified atom stereocenters. The van der Waals surface area contributed by atoms with Gasteiger partial charge in [0.1, 0.15) is 0 Å². The molecule has 0 spiro atoms. The standard InChI is InChI=1S/C13H14F3N5OS/c14-13(15,16)11-18-19-12-21(11)20-10(23-12)9(22)17-7-6-8-4-2-1-3-5-8/h4H,1-3,5-7H2,(H,17,22). The molecule has 0 aromatic carbocycles. The van der Waals surface area contributed by atoms with E-state index < -0.39 is 17.9 Å². The van der Waals surface area contributed by atoms with Gasteiger partial charge in [0.05, 0.1) is 0 Å². The number of alkyl halides is 3. The van der Waals surface area contributed by atoms with Gasteiger partial charge in [0.25, 0.3) is 11.7 Å². The number of halogens is 3. The molecule has 0 atom stereocenters. The quantitative estimate of drug-likeness (QED) is 0.865. The van der Waals surface area contributed by atoms with Gasteiger partial charge in [0.2, 0.25) is 9.97 Å². The number of rotatable bonds is 4. The van der Waals surface area contributed by atoms with Crippen LogP contribution in [0.5, 0.6) is 0 Å². The third-order valence-corrected chi connectivity index (χ3v) is 4.45. The molecule has 1 amide bonds. The number of allylic oxidation sites excluding steroid dienone is 1. The summed E-state index contributed by atoms with van der Waals surface area (Å²) in [7, 11) is 0. The molecular formula is C13H14F3N5OS. The molecule has 10 heteroatoms. The second-order valence-electron chi connectivity index (χ2n) is 5.24. The zero-order valence-electron chi connectivity index (χ0n) is 12.1. The van der Waals surface area contributed by atoms with Crippen LogP contribution in [0.4, 0.5) is 13.2 Å². The summed E-state index contributed by atoms with van der Waals surface area (Å²) in [5, 5.41) is 12.7. The first-order valence-electron chi connectivity index (χ1n) is 7.20. The summed E-state index contributed by atoms with van der Waals surface area (Å²) in [6.07, 6.45) is 2.76. The van der Waals surface area contributed by atoms with Gasteiger partial charge in [0, 0.05) is 6.54 Å². The molecule has 124 valence electrons.